The Bertz CT molecular complexity index is 263. The maximum absolute atomic E-state index is 10.2. The minimum Gasteiger partial charge on any atom is -0.384 e. The summed E-state index contributed by atoms with van der Waals surface area (Å²) in [5.41, 5.74) is 2.53. The van der Waals surface area contributed by atoms with E-state index in [4.69, 9.17) is 0 Å². The van der Waals surface area contributed by atoms with Crippen LogP contribution >= 0.6 is 0 Å². The topological polar surface area (TPSA) is 20.2 Å². The molecule has 98 valence electrons. The second-order valence-corrected chi connectivity index (χ2v) is 5.10. The number of aliphatic hydroxyl groups excluding tert-OH is 1. The molecule has 1 rings (SSSR count). The summed E-state index contributed by atoms with van der Waals surface area (Å²) >= 11 is 0. The number of aliphatic hydroxyl groups is 1. The minimum atomic E-state index is -0.256. The molecule has 0 heterocycles. The van der Waals surface area contributed by atoms with Crippen molar-refractivity contribution in [3.05, 3.63) is 23.3 Å². The van der Waals surface area contributed by atoms with Crippen LogP contribution in [0.15, 0.2) is 23.3 Å². The van der Waals surface area contributed by atoms with E-state index < -0.39 is 0 Å². The quantitative estimate of drug-likeness (QED) is 0.499. The fourth-order valence-corrected chi connectivity index (χ4v) is 2.40. The molecule has 0 spiro atoms. The Hall–Kier alpha value is -0.560. The van der Waals surface area contributed by atoms with E-state index in [9.17, 15) is 5.11 Å². The first-order valence-corrected chi connectivity index (χ1v) is 7.35. The van der Waals surface area contributed by atoms with Crippen LogP contribution in [0.4, 0.5) is 0 Å². The molecular formula is C16H28O. The summed E-state index contributed by atoms with van der Waals surface area (Å²) in [6.45, 7) is 4.44. The predicted molar refractivity (Wildman–Crippen MR) is 75.1 cm³/mol. The Kier molecular flexibility index (Phi) is 7.27. The molecule has 1 fully saturated rings. The van der Waals surface area contributed by atoms with E-state index >= 15 is 0 Å². The number of unbranched alkanes of at least 4 members (excludes halogenated alkanes) is 5. The molecule has 1 aliphatic carbocycles. The Balaban J connectivity index is 2.37. The summed E-state index contributed by atoms with van der Waals surface area (Å²) in [4.78, 5) is 0. The van der Waals surface area contributed by atoms with Gasteiger partial charge in [0.25, 0.3) is 0 Å². The Morgan fingerprint density at radius 1 is 0.941 bits per heavy atom. The molecule has 0 amide bonds. The van der Waals surface area contributed by atoms with E-state index in [2.05, 4.69) is 26.0 Å². The van der Waals surface area contributed by atoms with Gasteiger partial charge in [-0.3, -0.25) is 0 Å². The second kappa shape index (κ2) is 8.52. The zero-order chi connectivity index (χ0) is 12.5. The SMILES string of the molecule is CCCCC=C1CCC(=CCCCCC)C1O. The summed E-state index contributed by atoms with van der Waals surface area (Å²) in [6, 6.07) is 0. The van der Waals surface area contributed by atoms with Crippen molar-refractivity contribution in [3.8, 4) is 0 Å². The lowest BCUT2D eigenvalue weighted by molar-refractivity contribution is 0.254. The average molecular weight is 236 g/mol. The van der Waals surface area contributed by atoms with Gasteiger partial charge in [0.05, 0.1) is 6.10 Å². The number of allylic oxidation sites excluding steroid dienone is 2. The third kappa shape index (κ3) is 5.08. The Morgan fingerprint density at radius 2 is 1.47 bits per heavy atom. The van der Waals surface area contributed by atoms with Crippen molar-refractivity contribution in [2.75, 3.05) is 0 Å². The third-order valence-electron chi connectivity index (χ3n) is 3.58. The van der Waals surface area contributed by atoms with Crippen molar-refractivity contribution in [2.24, 2.45) is 0 Å². The normalized spacial score (nSPS) is 25.0. The molecular weight excluding hydrogens is 208 g/mol. The molecule has 1 atom stereocenters. The van der Waals surface area contributed by atoms with E-state index in [0.717, 1.165) is 25.7 Å². The zero-order valence-corrected chi connectivity index (χ0v) is 11.5. The van der Waals surface area contributed by atoms with Gasteiger partial charge in [-0.2, -0.15) is 0 Å². The lowest BCUT2D eigenvalue weighted by Crippen LogP contribution is -2.05. The molecule has 1 nitrogen and oxygen atoms in total. The van der Waals surface area contributed by atoms with Gasteiger partial charge in [0.2, 0.25) is 0 Å². The van der Waals surface area contributed by atoms with E-state index in [0.29, 0.717) is 0 Å². The maximum atomic E-state index is 10.2. The summed E-state index contributed by atoms with van der Waals surface area (Å²) in [5, 5.41) is 10.2. The summed E-state index contributed by atoms with van der Waals surface area (Å²) in [5.74, 6) is 0. The first-order chi connectivity index (χ1) is 8.29. The number of rotatable bonds is 7. The number of hydrogen-bond donors (Lipinski definition) is 1. The molecule has 1 saturated carbocycles. The Labute approximate surface area is 107 Å². The third-order valence-corrected chi connectivity index (χ3v) is 3.58. The molecule has 0 aromatic rings. The van der Waals surface area contributed by atoms with Crippen LogP contribution in [0.5, 0.6) is 0 Å². The molecule has 0 aliphatic heterocycles. The second-order valence-electron chi connectivity index (χ2n) is 5.10. The highest BCUT2D eigenvalue weighted by Crippen LogP contribution is 2.31. The largest absolute Gasteiger partial charge is 0.384 e. The van der Waals surface area contributed by atoms with Gasteiger partial charge in [-0.05, 0) is 43.3 Å². The van der Waals surface area contributed by atoms with Gasteiger partial charge in [0.15, 0.2) is 0 Å². The van der Waals surface area contributed by atoms with Crippen molar-refractivity contribution < 1.29 is 5.11 Å². The molecule has 1 aliphatic rings. The summed E-state index contributed by atoms with van der Waals surface area (Å²) in [6.07, 6.45) is 15.0. The highest BCUT2D eigenvalue weighted by molar-refractivity contribution is 5.30. The summed E-state index contributed by atoms with van der Waals surface area (Å²) < 4.78 is 0. The molecule has 0 aromatic carbocycles. The molecule has 17 heavy (non-hydrogen) atoms. The van der Waals surface area contributed by atoms with Gasteiger partial charge in [0, 0.05) is 0 Å². The number of hydrogen-bond acceptors (Lipinski definition) is 1. The van der Waals surface area contributed by atoms with Crippen molar-refractivity contribution in [2.45, 2.75) is 77.7 Å². The van der Waals surface area contributed by atoms with Crippen molar-refractivity contribution in [1.29, 1.82) is 0 Å². The minimum absolute atomic E-state index is 0.256. The van der Waals surface area contributed by atoms with Crippen molar-refractivity contribution in [1.82, 2.24) is 0 Å². The van der Waals surface area contributed by atoms with Gasteiger partial charge in [-0.25, -0.2) is 0 Å². The predicted octanol–water partition coefficient (Wildman–Crippen LogP) is 4.76. The van der Waals surface area contributed by atoms with Gasteiger partial charge < -0.3 is 5.11 Å². The maximum Gasteiger partial charge on any atom is 0.0961 e. The summed E-state index contributed by atoms with van der Waals surface area (Å²) in [7, 11) is 0. The standard InChI is InChI=1S/C16H28O/c1-3-5-7-9-11-15-13-12-14(16(15)17)10-8-6-4-2/h10-11,16-17H,3-9,12-13H2,1-2H3. The zero-order valence-electron chi connectivity index (χ0n) is 11.5. The highest BCUT2D eigenvalue weighted by Gasteiger charge is 2.22. The Morgan fingerprint density at radius 3 is 2.00 bits per heavy atom. The molecule has 0 saturated heterocycles. The molecule has 1 N–H and O–H groups in total. The highest BCUT2D eigenvalue weighted by atomic mass is 16.3. The molecule has 0 aromatic heterocycles. The van der Waals surface area contributed by atoms with Gasteiger partial charge in [0.1, 0.15) is 0 Å². The van der Waals surface area contributed by atoms with E-state index in [-0.39, 0.29) is 6.10 Å². The molecule has 0 bridgehead atoms. The van der Waals surface area contributed by atoms with Crippen LogP contribution in [0.25, 0.3) is 0 Å². The van der Waals surface area contributed by atoms with Crippen LogP contribution in [-0.4, -0.2) is 11.2 Å². The van der Waals surface area contributed by atoms with Crippen LogP contribution in [0, 0.1) is 0 Å². The van der Waals surface area contributed by atoms with Crippen LogP contribution in [-0.2, 0) is 0 Å². The van der Waals surface area contributed by atoms with Crippen LogP contribution < -0.4 is 0 Å². The van der Waals surface area contributed by atoms with Gasteiger partial charge in [-0.1, -0.05) is 51.7 Å². The fraction of sp³-hybridized carbons (Fsp3) is 0.750. The van der Waals surface area contributed by atoms with Gasteiger partial charge in [-0.15, -0.1) is 0 Å². The molecule has 1 unspecified atom stereocenters. The smallest absolute Gasteiger partial charge is 0.0961 e. The van der Waals surface area contributed by atoms with Gasteiger partial charge >= 0.3 is 0 Å². The lowest BCUT2D eigenvalue weighted by Gasteiger charge is -2.06. The van der Waals surface area contributed by atoms with E-state index in [1.54, 1.807) is 0 Å². The molecule has 1 heteroatoms. The van der Waals surface area contributed by atoms with E-state index in [1.165, 1.54) is 43.3 Å². The van der Waals surface area contributed by atoms with Crippen molar-refractivity contribution >= 4 is 0 Å². The van der Waals surface area contributed by atoms with Crippen molar-refractivity contribution in [3.63, 3.8) is 0 Å². The lowest BCUT2D eigenvalue weighted by atomic mass is 10.1. The van der Waals surface area contributed by atoms with E-state index in [1.807, 2.05) is 0 Å². The monoisotopic (exact) mass is 236 g/mol. The fourth-order valence-electron chi connectivity index (χ4n) is 2.40. The van der Waals surface area contributed by atoms with Crippen LogP contribution in [0.3, 0.4) is 0 Å². The first kappa shape index (κ1) is 14.5. The average Bonchev–Trinajstić information content (AvgIpc) is 2.67. The first-order valence-electron chi connectivity index (χ1n) is 7.35. The van der Waals surface area contributed by atoms with Crippen LogP contribution in [0.1, 0.15) is 71.6 Å². The van der Waals surface area contributed by atoms with Crippen LogP contribution in [0.2, 0.25) is 0 Å². The molecule has 0 radical (unpaired) electrons.